The summed E-state index contributed by atoms with van der Waals surface area (Å²) in [6, 6.07) is 6.10. The van der Waals surface area contributed by atoms with Crippen molar-refractivity contribution in [2.45, 2.75) is 50.7 Å². The van der Waals surface area contributed by atoms with Gasteiger partial charge in [0.15, 0.2) is 11.5 Å². The SMILES string of the molecule is CCC1(O)CCC(Nc2nc(NC)c3c(-c4ccc5nccnc5n4)ccn3n2)CC1. The molecule has 0 atom stereocenters. The van der Waals surface area contributed by atoms with Gasteiger partial charge in [-0.2, -0.15) is 4.98 Å². The number of nitrogens with zero attached hydrogens (tertiary/aromatic N) is 6. The van der Waals surface area contributed by atoms with E-state index in [1.54, 1.807) is 12.4 Å². The van der Waals surface area contributed by atoms with Crippen LogP contribution in [0.3, 0.4) is 0 Å². The van der Waals surface area contributed by atoms with Gasteiger partial charge in [-0.3, -0.25) is 4.98 Å². The number of nitrogens with one attached hydrogen (secondary N) is 2. The largest absolute Gasteiger partial charge is 0.390 e. The maximum absolute atomic E-state index is 10.5. The highest BCUT2D eigenvalue weighted by molar-refractivity contribution is 5.89. The minimum atomic E-state index is -0.522. The minimum absolute atomic E-state index is 0.254. The second-order valence-corrected chi connectivity index (χ2v) is 8.15. The van der Waals surface area contributed by atoms with Gasteiger partial charge in [-0.15, -0.1) is 5.10 Å². The zero-order valence-electron chi connectivity index (χ0n) is 17.7. The molecule has 4 aromatic heterocycles. The van der Waals surface area contributed by atoms with Crippen LogP contribution in [0.15, 0.2) is 36.8 Å². The van der Waals surface area contributed by atoms with E-state index in [0.717, 1.165) is 60.2 Å². The van der Waals surface area contributed by atoms with Crippen molar-refractivity contribution in [2.24, 2.45) is 0 Å². The molecule has 0 amide bonds. The lowest BCUT2D eigenvalue weighted by molar-refractivity contribution is -0.00198. The standard InChI is InChI=1S/C22H26N8O/c1-3-22(31)9-6-14(7-10-22)26-21-28-20(23-2)18-15(8-13-30(18)29-21)16-4-5-17-19(27-16)25-12-11-24-17/h4-5,8,11-14,31H,3,6-7,9-10H2,1-2H3,(H2,23,26,28,29). The first-order chi connectivity index (χ1) is 15.1. The van der Waals surface area contributed by atoms with Crippen LogP contribution in [0.4, 0.5) is 11.8 Å². The number of hydrogen-bond donors (Lipinski definition) is 3. The number of anilines is 2. The van der Waals surface area contributed by atoms with Crippen LogP contribution in [-0.4, -0.2) is 53.3 Å². The Morgan fingerprint density at radius 3 is 2.71 bits per heavy atom. The van der Waals surface area contributed by atoms with Gasteiger partial charge >= 0.3 is 0 Å². The Balaban J connectivity index is 1.46. The van der Waals surface area contributed by atoms with Crippen molar-refractivity contribution in [3.05, 3.63) is 36.8 Å². The second-order valence-electron chi connectivity index (χ2n) is 8.15. The quantitative estimate of drug-likeness (QED) is 0.453. The van der Waals surface area contributed by atoms with Crippen molar-refractivity contribution < 1.29 is 5.11 Å². The molecule has 0 unspecified atom stereocenters. The topological polar surface area (TPSA) is 113 Å². The van der Waals surface area contributed by atoms with Crippen LogP contribution in [0.25, 0.3) is 27.9 Å². The first-order valence-electron chi connectivity index (χ1n) is 10.7. The van der Waals surface area contributed by atoms with Crippen molar-refractivity contribution >= 4 is 28.4 Å². The first kappa shape index (κ1) is 19.6. The lowest BCUT2D eigenvalue weighted by Crippen LogP contribution is -2.38. The summed E-state index contributed by atoms with van der Waals surface area (Å²) in [7, 11) is 1.85. The van der Waals surface area contributed by atoms with Gasteiger partial charge < -0.3 is 15.7 Å². The van der Waals surface area contributed by atoms with Crippen LogP contribution in [0.1, 0.15) is 39.0 Å². The Morgan fingerprint density at radius 1 is 1.13 bits per heavy atom. The van der Waals surface area contributed by atoms with Gasteiger partial charge in [-0.25, -0.2) is 14.5 Å². The van der Waals surface area contributed by atoms with Gasteiger partial charge in [0.2, 0.25) is 5.95 Å². The van der Waals surface area contributed by atoms with Gasteiger partial charge in [0, 0.05) is 37.2 Å². The van der Waals surface area contributed by atoms with Gasteiger partial charge in [0.1, 0.15) is 11.0 Å². The van der Waals surface area contributed by atoms with E-state index in [0.29, 0.717) is 11.6 Å². The molecule has 3 N–H and O–H groups in total. The molecule has 9 nitrogen and oxygen atoms in total. The Bertz CT molecular complexity index is 1230. The highest BCUT2D eigenvalue weighted by Gasteiger charge is 2.31. The third-order valence-corrected chi connectivity index (χ3v) is 6.26. The monoisotopic (exact) mass is 418 g/mol. The van der Waals surface area contributed by atoms with Crippen LogP contribution in [0.2, 0.25) is 0 Å². The van der Waals surface area contributed by atoms with E-state index in [9.17, 15) is 5.11 Å². The number of aromatic nitrogens is 6. The summed E-state index contributed by atoms with van der Waals surface area (Å²) in [4.78, 5) is 18.0. The molecule has 0 aliphatic heterocycles. The Kier molecular flexibility index (Phi) is 4.90. The Labute approximate surface area is 180 Å². The van der Waals surface area contributed by atoms with Crippen molar-refractivity contribution in [1.82, 2.24) is 29.5 Å². The lowest BCUT2D eigenvalue weighted by atomic mass is 9.80. The molecular formula is C22H26N8O. The van der Waals surface area contributed by atoms with Crippen molar-refractivity contribution in [2.75, 3.05) is 17.7 Å². The normalized spacial score (nSPS) is 21.5. The Hall–Kier alpha value is -3.33. The fraction of sp³-hybridized carbons (Fsp3) is 0.409. The van der Waals surface area contributed by atoms with Gasteiger partial charge in [0.25, 0.3) is 0 Å². The third kappa shape index (κ3) is 3.65. The molecule has 1 saturated carbocycles. The summed E-state index contributed by atoms with van der Waals surface area (Å²) < 4.78 is 1.82. The van der Waals surface area contributed by atoms with E-state index in [1.807, 2.05) is 42.9 Å². The fourth-order valence-corrected chi connectivity index (χ4v) is 4.31. The molecule has 0 aromatic carbocycles. The molecule has 0 saturated heterocycles. The summed E-state index contributed by atoms with van der Waals surface area (Å²) in [6.07, 6.45) is 9.42. The minimum Gasteiger partial charge on any atom is -0.390 e. The van der Waals surface area contributed by atoms with E-state index < -0.39 is 5.60 Å². The summed E-state index contributed by atoms with van der Waals surface area (Å²) in [6.45, 7) is 2.05. The smallest absolute Gasteiger partial charge is 0.243 e. The zero-order valence-corrected chi connectivity index (χ0v) is 17.7. The summed E-state index contributed by atoms with van der Waals surface area (Å²) in [5.74, 6) is 1.29. The average molecular weight is 419 g/mol. The summed E-state index contributed by atoms with van der Waals surface area (Å²) >= 11 is 0. The number of fused-ring (bicyclic) bond motifs is 2. The first-order valence-corrected chi connectivity index (χ1v) is 10.7. The van der Waals surface area contributed by atoms with Crippen molar-refractivity contribution in [1.29, 1.82) is 0 Å². The Morgan fingerprint density at radius 2 is 1.94 bits per heavy atom. The molecule has 1 aliphatic carbocycles. The molecular weight excluding hydrogens is 392 g/mol. The van der Waals surface area contributed by atoms with Gasteiger partial charge in [-0.1, -0.05) is 6.92 Å². The van der Waals surface area contributed by atoms with Crippen LogP contribution in [0, 0.1) is 0 Å². The fourth-order valence-electron chi connectivity index (χ4n) is 4.31. The predicted molar refractivity (Wildman–Crippen MR) is 120 cm³/mol. The zero-order chi connectivity index (χ0) is 21.4. The molecule has 1 aliphatic rings. The van der Waals surface area contributed by atoms with E-state index in [2.05, 4.69) is 30.7 Å². The molecule has 9 heteroatoms. The maximum atomic E-state index is 10.5. The summed E-state index contributed by atoms with van der Waals surface area (Å²) in [5, 5.41) is 21.8. The van der Waals surface area contributed by atoms with Crippen LogP contribution in [-0.2, 0) is 0 Å². The van der Waals surface area contributed by atoms with E-state index in [4.69, 9.17) is 4.98 Å². The third-order valence-electron chi connectivity index (χ3n) is 6.26. The lowest BCUT2D eigenvalue weighted by Gasteiger charge is -2.35. The van der Waals surface area contributed by atoms with Crippen molar-refractivity contribution in [3.8, 4) is 11.3 Å². The van der Waals surface area contributed by atoms with E-state index in [1.165, 1.54) is 0 Å². The molecule has 4 heterocycles. The van der Waals surface area contributed by atoms with Gasteiger partial charge in [0.05, 0.1) is 11.3 Å². The van der Waals surface area contributed by atoms with E-state index in [-0.39, 0.29) is 6.04 Å². The number of aliphatic hydroxyl groups is 1. The molecule has 0 bridgehead atoms. The predicted octanol–water partition coefficient (Wildman–Crippen LogP) is 3.27. The second kappa shape index (κ2) is 7.73. The van der Waals surface area contributed by atoms with Crippen LogP contribution in [0.5, 0.6) is 0 Å². The van der Waals surface area contributed by atoms with Gasteiger partial charge in [-0.05, 0) is 50.3 Å². The molecule has 160 valence electrons. The highest BCUT2D eigenvalue weighted by Crippen LogP contribution is 2.33. The number of pyridine rings is 1. The van der Waals surface area contributed by atoms with Crippen LogP contribution >= 0.6 is 0 Å². The molecule has 1 fully saturated rings. The highest BCUT2D eigenvalue weighted by atomic mass is 16.3. The maximum Gasteiger partial charge on any atom is 0.243 e. The average Bonchev–Trinajstić information content (AvgIpc) is 3.24. The molecule has 0 radical (unpaired) electrons. The summed E-state index contributed by atoms with van der Waals surface area (Å²) in [5.41, 5.74) is 3.41. The molecule has 0 spiro atoms. The van der Waals surface area contributed by atoms with Crippen molar-refractivity contribution in [3.63, 3.8) is 0 Å². The molecule has 5 rings (SSSR count). The van der Waals surface area contributed by atoms with E-state index >= 15 is 0 Å². The molecule has 4 aromatic rings. The number of rotatable bonds is 5. The van der Waals surface area contributed by atoms with Crippen LogP contribution < -0.4 is 10.6 Å². The molecule has 31 heavy (non-hydrogen) atoms. The number of hydrogen-bond acceptors (Lipinski definition) is 8.